The summed E-state index contributed by atoms with van der Waals surface area (Å²) in [7, 11) is 0. The third kappa shape index (κ3) is 4.18. The standard InChI is InChI=1S/C19H20ClFN2O2/c1-12-10-13(6-7-16(12)21)18(14-4-2-3-5-15(14)20)23-19(24)17-11-22-8-9-25-17/h2-7,10,17-18,22H,8-9,11H2,1H3,(H,23,24). The Kier molecular flexibility index (Phi) is 5.68. The first-order valence-electron chi connectivity index (χ1n) is 8.19. The molecule has 2 atom stereocenters. The van der Waals surface area contributed by atoms with E-state index in [1.807, 2.05) is 18.2 Å². The van der Waals surface area contributed by atoms with Crippen LogP contribution in [0.5, 0.6) is 0 Å². The van der Waals surface area contributed by atoms with E-state index in [-0.39, 0.29) is 11.7 Å². The van der Waals surface area contributed by atoms with Crippen LogP contribution in [0.2, 0.25) is 5.02 Å². The molecule has 1 fully saturated rings. The first kappa shape index (κ1) is 17.9. The van der Waals surface area contributed by atoms with Crippen LogP contribution >= 0.6 is 11.6 Å². The van der Waals surface area contributed by atoms with Crippen LogP contribution in [0.15, 0.2) is 42.5 Å². The summed E-state index contributed by atoms with van der Waals surface area (Å²) in [5.74, 6) is -0.508. The lowest BCUT2D eigenvalue weighted by Crippen LogP contribution is -2.48. The molecule has 0 saturated carbocycles. The lowest BCUT2D eigenvalue weighted by Gasteiger charge is -2.27. The molecule has 2 N–H and O–H groups in total. The van der Waals surface area contributed by atoms with Crippen LogP contribution in [-0.2, 0) is 9.53 Å². The van der Waals surface area contributed by atoms with Crippen LogP contribution in [-0.4, -0.2) is 31.7 Å². The summed E-state index contributed by atoms with van der Waals surface area (Å²) in [6, 6.07) is 11.6. The third-order valence-corrected chi connectivity index (χ3v) is 4.58. The zero-order chi connectivity index (χ0) is 17.8. The van der Waals surface area contributed by atoms with Crippen molar-refractivity contribution in [1.29, 1.82) is 0 Å². The molecule has 1 heterocycles. The molecule has 4 nitrogen and oxygen atoms in total. The lowest BCUT2D eigenvalue weighted by atomic mass is 9.96. The van der Waals surface area contributed by atoms with Gasteiger partial charge in [-0.15, -0.1) is 0 Å². The number of carbonyl (C=O) groups excluding carboxylic acids is 1. The molecule has 6 heteroatoms. The Labute approximate surface area is 151 Å². The van der Waals surface area contributed by atoms with Gasteiger partial charge in [0.05, 0.1) is 12.6 Å². The summed E-state index contributed by atoms with van der Waals surface area (Å²) in [6.45, 7) is 3.38. The highest BCUT2D eigenvalue weighted by atomic mass is 35.5. The van der Waals surface area contributed by atoms with Crippen LogP contribution in [0.3, 0.4) is 0 Å². The summed E-state index contributed by atoms with van der Waals surface area (Å²) >= 11 is 6.34. The molecule has 0 aliphatic carbocycles. The number of benzene rings is 2. The van der Waals surface area contributed by atoms with Crippen LogP contribution in [0, 0.1) is 12.7 Å². The smallest absolute Gasteiger partial charge is 0.251 e. The molecule has 3 rings (SSSR count). The van der Waals surface area contributed by atoms with Gasteiger partial charge in [0.25, 0.3) is 5.91 Å². The van der Waals surface area contributed by atoms with Gasteiger partial charge in [-0.2, -0.15) is 0 Å². The van der Waals surface area contributed by atoms with Gasteiger partial charge in [0.2, 0.25) is 0 Å². The van der Waals surface area contributed by atoms with Crippen molar-refractivity contribution in [2.45, 2.75) is 19.1 Å². The summed E-state index contributed by atoms with van der Waals surface area (Å²) in [5, 5.41) is 6.67. The van der Waals surface area contributed by atoms with Crippen LogP contribution in [0.1, 0.15) is 22.7 Å². The maximum Gasteiger partial charge on any atom is 0.251 e. The average molecular weight is 363 g/mol. The van der Waals surface area contributed by atoms with E-state index in [4.69, 9.17) is 16.3 Å². The number of halogens is 2. The predicted molar refractivity (Wildman–Crippen MR) is 95.2 cm³/mol. The van der Waals surface area contributed by atoms with E-state index in [0.717, 1.165) is 17.7 Å². The van der Waals surface area contributed by atoms with E-state index in [1.54, 1.807) is 25.1 Å². The van der Waals surface area contributed by atoms with Gasteiger partial charge in [-0.25, -0.2) is 4.39 Å². The zero-order valence-corrected chi connectivity index (χ0v) is 14.6. The van der Waals surface area contributed by atoms with Crippen molar-refractivity contribution in [3.63, 3.8) is 0 Å². The third-order valence-electron chi connectivity index (χ3n) is 4.24. The Morgan fingerprint density at radius 1 is 1.36 bits per heavy atom. The second kappa shape index (κ2) is 7.95. The maximum absolute atomic E-state index is 13.7. The molecule has 25 heavy (non-hydrogen) atoms. The fraction of sp³-hybridized carbons (Fsp3) is 0.316. The van der Waals surface area contributed by atoms with Gasteiger partial charge < -0.3 is 15.4 Å². The number of amides is 1. The second-order valence-electron chi connectivity index (χ2n) is 6.04. The van der Waals surface area contributed by atoms with Crippen molar-refractivity contribution in [3.8, 4) is 0 Å². The van der Waals surface area contributed by atoms with Crippen molar-refractivity contribution in [2.75, 3.05) is 19.7 Å². The Hall–Kier alpha value is -1.95. The average Bonchev–Trinajstić information content (AvgIpc) is 2.63. The molecule has 1 aliphatic rings. The number of morpholine rings is 1. The minimum Gasteiger partial charge on any atom is -0.366 e. The highest BCUT2D eigenvalue weighted by Crippen LogP contribution is 2.29. The number of ether oxygens (including phenoxy) is 1. The molecule has 2 aromatic rings. The van der Waals surface area contributed by atoms with Gasteiger partial charge in [0, 0.05) is 18.1 Å². The van der Waals surface area contributed by atoms with Gasteiger partial charge in [-0.3, -0.25) is 4.79 Å². The maximum atomic E-state index is 13.7. The lowest BCUT2D eigenvalue weighted by molar-refractivity contribution is -0.134. The first-order chi connectivity index (χ1) is 12.1. The molecule has 2 unspecified atom stereocenters. The van der Waals surface area contributed by atoms with E-state index in [1.165, 1.54) is 6.07 Å². The normalized spacial score (nSPS) is 18.6. The van der Waals surface area contributed by atoms with Crippen LogP contribution in [0.4, 0.5) is 4.39 Å². The van der Waals surface area contributed by atoms with Crippen molar-refractivity contribution in [3.05, 3.63) is 70.0 Å². The van der Waals surface area contributed by atoms with Gasteiger partial charge >= 0.3 is 0 Å². The van der Waals surface area contributed by atoms with E-state index in [2.05, 4.69) is 10.6 Å². The number of hydrogen-bond donors (Lipinski definition) is 2. The number of rotatable bonds is 4. The zero-order valence-electron chi connectivity index (χ0n) is 13.9. The highest BCUT2D eigenvalue weighted by Gasteiger charge is 2.26. The molecule has 0 radical (unpaired) electrons. The molecule has 132 valence electrons. The molecule has 1 saturated heterocycles. The quantitative estimate of drug-likeness (QED) is 0.879. The minimum absolute atomic E-state index is 0.223. The van der Waals surface area contributed by atoms with E-state index in [9.17, 15) is 9.18 Å². The first-order valence-corrected chi connectivity index (χ1v) is 8.57. The van der Waals surface area contributed by atoms with Gasteiger partial charge in [0.15, 0.2) is 0 Å². The summed E-state index contributed by atoms with van der Waals surface area (Å²) < 4.78 is 19.2. The molecule has 0 aromatic heterocycles. The predicted octanol–water partition coefficient (Wildman–Crippen LogP) is 2.98. The summed E-state index contributed by atoms with van der Waals surface area (Å²) in [6.07, 6.45) is -0.555. The Morgan fingerprint density at radius 2 is 2.16 bits per heavy atom. The largest absolute Gasteiger partial charge is 0.366 e. The fourth-order valence-corrected chi connectivity index (χ4v) is 3.11. The van der Waals surface area contributed by atoms with Crippen LogP contribution in [0.25, 0.3) is 0 Å². The molecule has 1 aliphatic heterocycles. The SMILES string of the molecule is Cc1cc(C(NC(=O)C2CNCCO2)c2ccccc2Cl)ccc1F. The molecule has 0 bridgehead atoms. The number of aryl methyl sites for hydroxylation is 1. The second-order valence-corrected chi connectivity index (χ2v) is 6.44. The number of hydrogen-bond acceptors (Lipinski definition) is 3. The fourth-order valence-electron chi connectivity index (χ4n) is 2.87. The molecule has 2 aromatic carbocycles. The minimum atomic E-state index is -0.555. The van der Waals surface area contributed by atoms with E-state index >= 15 is 0 Å². The van der Waals surface area contributed by atoms with Crippen molar-refractivity contribution in [2.24, 2.45) is 0 Å². The van der Waals surface area contributed by atoms with Gasteiger partial charge in [-0.05, 0) is 35.7 Å². The van der Waals surface area contributed by atoms with Crippen molar-refractivity contribution < 1.29 is 13.9 Å². The number of nitrogens with one attached hydrogen (secondary N) is 2. The van der Waals surface area contributed by atoms with Gasteiger partial charge in [-0.1, -0.05) is 41.9 Å². The summed E-state index contributed by atoms with van der Waals surface area (Å²) in [5.41, 5.74) is 2.04. The van der Waals surface area contributed by atoms with E-state index < -0.39 is 12.1 Å². The Bertz CT molecular complexity index is 763. The molecule has 0 spiro atoms. The monoisotopic (exact) mass is 362 g/mol. The molecular formula is C19H20ClFN2O2. The van der Waals surface area contributed by atoms with Crippen molar-refractivity contribution >= 4 is 17.5 Å². The Morgan fingerprint density at radius 3 is 2.84 bits per heavy atom. The molecular weight excluding hydrogens is 343 g/mol. The Balaban J connectivity index is 1.92. The summed E-state index contributed by atoms with van der Waals surface area (Å²) in [4.78, 5) is 12.6. The topological polar surface area (TPSA) is 50.4 Å². The van der Waals surface area contributed by atoms with E-state index in [0.29, 0.717) is 23.7 Å². The molecule has 1 amide bonds. The van der Waals surface area contributed by atoms with Gasteiger partial charge in [0.1, 0.15) is 11.9 Å². The van der Waals surface area contributed by atoms with Crippen molar-refractivity contribution in [1.82, 2.24) is 10.6 Å². The van der Waals surface area contributed by atoms with Crippen LogP contribution < -0.4 is 10.6 Å². The number of carbonyl (C=O) groups is 1. The highest BCUT2D eigenvalue weighted by molar-refractivity contribution is 6.31.